The zero-order valence-corrected chi connectivity index (χ0v) is 19.5. The fourth-order valence-corrected chi connectivity index (χ4v) is 12.1. The Morgan fingerprint density at radius 2 is 1.60 bits per heavy atom. The molecule has 0 aliphatic rings. The van der Waals surface area contributed by atoms with Crippen LogP contribution in [0.25, 0.3) is 10.9 Å². The number of aromatic nitrogens is 1. The lowest BCUT2D eigenvalue weighted by Gasteiger charge is -2.45. The van der Waals surface area contributed by atoms with Crippen molar-refractivity contribution >= 4 is 35.1 Å². The average molecular weight is 426 g/mol. The first-order chi connectivity index (χ1) is 11.6. The first-order valence-electron chi connectivity index (χ1n) is 9.59. The van der Waals surface area contributed by atoms with Gasteiger partial charge in [0.2, 0.25) is 0 Å². The maximum Gasteiger partial charge on any atom is 0.169 e. The van der Waals surface area contributed by atoms with Gasteiger partial charge in [-0.3, -0.25) is 0 Å². The molecule has 2 rings (SSSR count). The Hall–Kier alpha value is -0.613. The van der Waals surface area contributed by atoms with Gasteiger partial charge >= 0.3 is 0 Å². The molecular formula is C21H33BrFNSi. The molecule has 0 radical (unpaired) electrons. The van der Waals surface area contributed by atoms with Crippen LogP contribution in [0.3, 0.4) is 0 Å². The van der Waals surface area contributed by atoms with E-state index in [1.165, 1.54) is 0 Å². The van der Waals surface area contributed by atoms with Gasteiger partial charge in [0.05, 0.1) is 4.47 Å². The van der Waals surface area contributed by atoms with Crippen molar-refractivity contribution in [2.75, 3.05) is 0 Å². The van der Waals surface area contributed by atoms with E-state index in [2.05, 4.69) is 87.8 Å². The zero-order chi connectivity index (χ0) is 19.1. The molecule has 1 unspecified atom stereocenters. The van der Waals surface area contributed by atoms with Crippen molar-refractivity contribution < 1.29 is 4.39 Å². The molecule has 0 aliphatic heterocycles. The zero-order valence-electron chi connectivity index (χ0n) is 17.0. The Morgan fingerprint density at radius 3 is 2.04 bits per heavy atom. The van der Waals surface area contributed by atoms with Crippen LogP contribution in [0.15, 0.2) is 22.8 Å². The Bertz CT molecular complexity index is 740. The van der Waals surface area contributed by atoms with Gasteiger partial charge in [0.15, 0.2) is 8.24 Å². The van der Waals surface area contributed by atoms with Gasteiger partial charge in [0.25, 0.3) is 0 Å². The normalized spacial score (nSPS) is 14.3. The van der Waals surface area contributed by atoms with Crippen LogP contribution in [-0.4, -0.2) is 12.5 Å². The summed E-state index contributed by atoms with van der Waals surface area (Å²) < 4.78 is 18.2. The summed E-state index contributed by atoms with van der Waals surface area (Å²) in [6, 6.07) is 3.98. The summed E-state index contributed by atoms with van der Waals surface area (Å²) in [5.41, 5.74) is 4.03. The number of halogens is 2. The van der Waals surface area contributed by atoms with Gasteiger partial charge in [-0.2, -0.15) is 0 Å². The SMILES string of the molecule is CCC(C)[Si](C(C)C)(C(C)C)n1cc(C(C)C)c2c(F)c(Br)ccc21. The second-order valence-electron chi connectivity index (χ2n) is 8.37. The van der Waals surface area contributed by atoms with Crippen molar-refractivity contribution in [1.29, 1.82) is 0 Å². The van der Waals surface area contributed by atoms with E-state index in [1.807, 2.05) is 6.07 Å². The molecule has 0 saturated carbocycles. The highest BCUT2D eigenvalue weighted by Crippen LogP contribution is 2.47. The Kier molecular flexibility index (Phi) is 6.25. The van der Waals surface area contributed by atoms with Gasteiger partial charge in [-0.1, -0.05) is 61.8 Å². The largest absolute Gasteiger partial charge is 0.373 e. The Balaban J connectivity index is 2.97. The van der Waals surface area contributed by atoms with Gasteiger partial charge in [0, 0.05) is 10.9 Å². The maximum absolute atomic E-state index is 15.1. The molecular weight excluding hydrogens is 393 g/mol. The summed E-state index contributed by atoms with van der Waals surface area (Å²) in [7, 11) is -1.92. The van der Waals surface area contributed by atoms with E-state index < -0.39 is 8.24 Å². The van der Waals surface area contributed by atoms with Crippen LogP contribution in [0.2, 0.25) is 16.6 Å². The van der Waals surface area contributed by atoms with Crippen LogP contribution in [0.1, 0.15) is 73.3 Å². The fraction of sp³-hybridized carbons (Fsp3) is 0.619. The maximum atomic E-state index is 15.1. The van der Waals surface area contributed by atoms with Crippen LogP contribution in [0, 0.1) is 5.82 Å². The summed E-state index contributed by atoms with van der Waals surface area (Å²) in [4.78, 5) is 0. The van der Waals surface area contributed by atoms with E-state index in [4.69, 9.17) is 0 Å². The molecule has 0 bridgehead atoms. The summed E-state index contributed by atoms with van der Waals surface area (Å²) >= 11 is 3.39. The molecule has 1 aromatic carbocycles. The molecule has 0 aliphatic carbocycles. The molecule has 1 atom stereocenters. The molecule has 2 aromatic rings. The second-order valence-corrected chi connectivity index (χ2v) is 14.8. The van der Waals surface area contributed by atoms with Crippen LogP contribution in [-0.2, 0) is 0 Å². The lowest BCUT2D eigenvalue weighted by Crippen LogP contribution is -2.52. The van der Waals surface area contributed by atoms with Crippen molar-refractivity contribution in [2.24, 2.45) is 0 Å². The lowest BCUT2D eigenvalue weighted by atomic mass is 10.0. The van der Waals surface area contributed by atoms with Gasteiger partial charge in [0.1, 0.15) is 5.82 Å². The van der Waals surface area contributed by atoms with E-state index >= 15 is 4.39 Å². The van der Waals surface area contributed by atoms with Crippen molar-refractivity contribution in [1.82, 2.24) is 4.23 Å². The highest BCUT2D eigenvalue weighted by atomic mass is 79.9. The summed E-state index contributed by atoms with van der Waals surface area (Å²) in [5.74, 6) is 0.190. The van der Waals surface area contributed by atoms with Crippen molar-refractivity contribution in [3.63, 3.8) is 0 Å². The highest BCUT2D eigenvalue weighted by molar-refractivity contribution is 9.10. The van der Waals surface area contributed by atoms with Crippen molar-refractivity contribution in [2.45, 2.75) is 84.4 Å². The second kappa shape index (κ2) is 7.56. The number of fused-ring (bicyclic) bond motifs is 1. The molecule has 4 heteroatoms. The quantitative estimate of drug-likeness (QED) is 0.412. The predicted molar refractivity (Wildman–Crippen MR) is 115 cm³/mol. The molecule has 0 saturated heterocycles. The molecule has 1 aromatic heterocycles. The van der Waals surface area contributed by atoms with Gasteiger partial charge < -0.3 is 4.23 Å². The summed E-state index contributed by atoms with van der Waals surface area (Å²) in [6.07, 6.45) is 3.46. The first kappa shape index (κ1) is 20.7. The third-order valence-corrected chi connectivity index (χ3v) is 13.7. The van der Waals surface area contributed by atoms with Gasteiger partial charge in [-0.25, -0.2) is 4.39 Å². The van der Waals surface area contributed by atoms with Crippen LogP contribution >= 0.6 is 15.9 Å². The van der Waals surface area contributed by atoms with E-state index in [0.29, 0.717) is 27.0 Å². The number of nitrogens with zero attached hydrogens (tertiary/aromatic N) is 1. The number of hydrogen-bond donors (Lipinski definition) is 0. The third kappa shape index (κ3) is 3.14. The minimum atomic E-state index is -1.92. The molecule has 1 heterocycles. The first-order valence-corrected chi connectivity index (χ1v) is 12.6. The van der Waals surface area contributed by atoms with Crippen molar-refractivity contribution in [3.8, 4) is 0 Å². The molecule has 140 valence electrons. The fourth-order valence-electron chi connectivity index (χ4n) is 4.97. The number of hydrogen-bond acceptors (Lipinski definition) is 0. The smallest absolute Gasteiger partial charge is 0.169 e. The number of rotatable bonds is 6. The van der Waals surface area contributed by atoms with Crippen LogP contribution in [0.4, 0.5) is 4.39 Å². The van der Waals surface area contributed by atoms with Gasteiger partial charge in [-0.15, -0.1) is 0 Å². The topological polar surface area (TPSA) is 4.93 Å². The monoisotopic (exact) mass is 425 g/mol. The molecule has 25 heavy (non-hydrogen) atoms. The Labute approximate surface area is 162 Å². The average Bonchev–Trinajstić information content (AvgIpc) is 2.91. The third-order valence-electron chi connectivity index (χ3n) is 6.18. The van der Waals surface area contributed by atoms with E-state index in [9.17, 15) is 0 Å². The van der Waals surface area contributed by atoms with Gasteiger partial charge in [-0.05, 0) is 62.4 Å². The summed E-state index contributed by atoms with van der Waals surface area (Å²) in [6.45, 7) is 18.5. The van der Waals surface area contributed by atoms with E-state index in [1.54, 1.807) is 0 Å². The van der Waals surface area contributed by atoms with Crippen molar-refractivity contribution in [3.05, 3.63) is 34.2 Å². The standard InChI is InChI=1S/C21H33BrFNSi/c1-9-16(8)25(14(4)5,15(6)7)24-12-17(13(2)3)20-19(24)11-10-18(22)21(20)23/h10-16H,9H2,1-8H3. The van der Waals surface area contributed by atoms with Crippen LogP contribution in [0.5, 0.6) is 0 Å². The van der Waals surface area contributed by atoms with E-state index in [0.717, 1.165) is 22.9 Å². The van der Waals surface area contributed by atoms with E-state index in [-0.39, 0.29) is 5.82 Å². The summed E-state index contributed by atoms with van der Waals surface area (Å²) in [5, 5.41) is 0.811. The lowest BCUT2D eigenvalue weighted by molar-refractivity contribution is 0.631. The molecule has 0 amide bonds. The minimum Gasteiger partial charge on any atom is -0.373 e. The molecule has 0 fully saturated rings. The molecule has 1 nitrogen and oxygen atoms in total. The Morgan fingerprint density at radius 1 is 1.04 bits per heavy atom. The predicted octanol–water partition coefficient (Wildman–Crippen LogP) is 8.08. The molecule has 0 spiro atoms. The highest BCUT2D eigenvalue weighted by Gasteiger charge is 2.47. The minimum absolute atomic E-state index is 0.112. The molecule has 0 N–H and O–H groups in total. The number of benzene rings is 1. The van der Waals surface area contributed by atoms with Crippen LogP contribution < -0.4 is 0 Å².